The normalized spacial score (nSPS) is 11.5. The van der Waals surface area contributed by atoms with Gasteiger partial charge in [-0.3, -0.25) is 10.1 Å². The molecule has 0 saturated carbocycles. The van der Waals surface area contributed by atoms with Crippen LogP contribution in [0.2, 0.25) is 5.15 Å². The van der Waals surface area contributed by atoms with Gasteiger partial charge in [-0.25, -0.2) is 4.98 Å². The molecule has 0 aliphatic rings. The van der Waals surface area contributed by atoms with Crippen molar-refractivity contribution in [2.24, 2.45) is 0 Å². The molecule has 0 aliphatic carbocycles. The monoisotopic (exact) mass is 227 g/mol. The molecule has 1 aromatic rings. The number of halogens is 1. The molecule has 6 nitrogen and oxygen atoms in total. The highest BCUT2D eigenvalue weighted by atomic mass is 35.5. The van der Waals surface area contributed by atoms with Crippen molar-refractivity contribution in [3.05, 3.63) is 21.6 Å². The first-order valence-electron chi connectivity index (χ1n) is 3.84. The second kappa shape index (κ2) is 4.57. The number of ether oxygens (including phenoxy) is 1. The van der Waals surface area contributed by atoms with Crippen molar-refractivity contribution in [2.75, 3.05) is 0 Å². The minimum Gasteiger partial charge on any atom is -0.456 e. The number of aromatic nitrogens is 2. The third kappa shape index (κ3) is 2.54. The van der Waals surface area contributed by atoms with Crippen LogP contribution in [-0.4, -0.2) is 21.0 Å². The molecule has 1 aromatic heterocycles. The maximum Gasteiger partial charge on any atom is 0.367 e. The maximum absolute atomic E-state index is 10.6. The first-order chi connectivity index (χ1) is 7.06. The van der Waals surface area contributed by atoms with Crippen molar-refractivity contribution in [3.63, 3.8) is 0 Å². The summed E-state index contributed by atoms with van der Waals surface area (Å²) in [6.45, 7) is 1.56. The summed E-state index contributed by atoms with van der Waals surface area (Å²) < 4.78 is 5.02. The van der Waals surface area contributed by atoms with E-state index in [1.54, 1.807) is 6.92 Å². The number of nitrogens with zero attached hydrogens (tertiary/aromatic N) is 3. The standard InChI is InChI=1S/C8H6ClN3O3/c1-3-5(2)15-8-6(12(13)14)7(9)10-4-11-8/h1,4-5H,2H3. The van der Waals surface area contributed by atoms with E-state index in [2.05, 4.69) is 15.9 Å². The molecule has 0 amide bonds. The van der Waals surface area contributed by atoms with E-state index in [9.17, 15) is 10.1 Å². The van der Waals surface area contributed by atoms with Gasteiger partial charge in [-0.1, -0.05) is 17.5 Å². The van der Waals surface area contributed by atoms with Crippen molar-refractivity contribution in [1.29, 1.82) is 0 Å². The van der Waals surface area contributed by atoms with Gasteiger partial charge in [0.25, 0.3) is 5.88 Å². The average molecular weight is 228 g/mol. The highest BCUT2D eigenvalue weighted by molar-refractivity contribution is 6.31. The molecule has 1 rings (SSSR count). The van der Waals surface area contributed by atoms with Gasteiger partial charge in [-0.2, -0.15) is 4.98 Å². The van der Waals surface area contributed by atoms with Crippen LogP contribution < -0.4 is 4.74 Å². The summed E-state index contributed by atoms with van der Waals surface area (Å²) in [7, 11) is 0. The minimum atomic E-state index is -0.721. The van der Waals surface area contributed by atoms with Crippen LogP contribution in [0.1, 0.15) is 6.92 Å². The Hall–Kier alpha value is -1.87. The Labute approximate surface area is 90.4 Å². The van der Waals surface area contributed by atoms with E-state index in [0.717, 1.165) is 6.33 Å². The Morgan fingerprint density at radius 1 is 1.73 bits per heavy atom. The van der Waals surface area contributed by atoms with E-state index in [0.29, 0.717) is 0 Å². The lowest BCUT2D eigenvalue weighted by atomic mass is 10.4. The zero-order valence-corrected chi connectivity index (χ0v) is 8.43. The van der Waals surface area contributed by atoms with E-state index in [1.807, 2.05) is 0 Å². The van der Waals surface area contributed by atoms with Gasteiger partial charge in [0, 0.05) is 0 Å². The predicted octanol–water partition coefficient (Wildman–Crippen LogP) is 1.44. The first kappa shape index (κ1) is 11.2. The van der Waals surface area contributed by atoms with Crippen LogP contribution in [0.25, 0.3) is 0 Å². The van der Waals surface area contributed by atoms with Gasteiger partial charge in [0.05, 0.1) is 4.92 Å². The Bertz CT molecular complexity index is 430. The van der Waals surface area contributed by atoms with Crippen molar-refractivity contribution in [2.45, 2.75) is 13.0 Å². The third-order valence-electron chi connectivity index (χ3n) is 1.45. The molecule has 15 heavy (non-hydrogen) atoms. The Balaban J connectivity index is 3.13. The molecule has 1 heterocycles. The molecule has 0 radical (unpaired) electrons. The molecule has 1 atom stereocenters. The summed E-state index contributed by atoms with van der Waals surface area (Å²) in [4.78, 5) is 17.0. The van der Waals surface area contributed by atoms with Gasteiger partial charge in [-0.05, 0) is 6.92 Å². The topological polar surface area (TPSA) is 78.2 Å². The summed E-state index contributed by atoms with van der Waals surface area (Å²) in [6.07, 6.45) is 5.50. The van der Waals surface area contributed by atoms with Gasteiger partial charge < -0.3 is 4.74 Å². The van der Waals surface area contributed by atoms with Gasteiger partial charge in [0.2, 0.25) is 5.15 Å². The molecule has 0 saturated heterocycles. The lowest BCUT2D eigenvalue weighted by Crippen LogP contribution is -2.11. The molecule has 0 aliphatic heterocycles. The number of nitro groups is 1. The summed E-state index contributed by atoms with van der Waals surface area (Å²) in [5, 5.41) is 10.3. The molecular formula is C8H6ClN3O3. The van der Waals surface area contributed by atoms with Crippen LogP contribution in [-0.2, 0) is 0 Å². The SMILES string of the molecule is C#CC(C)Oc1ncnc(Cl)c1[N+](=O)[O-]. The van der Waals surface area contributed by atoms with Crippen molar-refractivity contribution >= 4 is 17.3 Å². The maximum atomic E-state index is 10.6. The minimum absolute atomic E-state index is 0.231. The molecule has 0 fully saturated rings. The highest BCUT2D eigenvalue weighted by Crippen LogP contribution is 2.30. The largest absolute Gasteiger partial charge is 0.456 e. The van der Waals surface area contributed by atoms with Crippen LogP contribution in [0.4, 0.5) is 5.69 Å². The lowest BCUT2D eigenvalue weighted by Gasteiger charge is -2.07. The highest BCUT2D eigenvalue weighted by Gasteiger charge is 2.23. The second-order valence-electron chi connectivity index (χ2n) is 2.50. The molecule has 0 bridgehead atoms. The van der Waals surface area contributed by atoms with Crippen LogP contribution in [0.3, 0.4) is 0 Å². The number of hydrogen-bond acceptors (Lipinski definition) is 5. The van der Waals surface area contributed by atoms with E-state index in [-0.39, 0.29) is 11.0 Å². The second-order valence-corrected chi connectivity index (χ2v) is 2.86. The fourth-order valence-corrected chi connectivity index (χ4v) is 0.977. The van der Waals surface area contributed by atoms with Crippen LogP contribution in [0.5, 0.6) is 5.88 Å². The molecular weight excluding hydrogens is 222 g/mol. The Kier molecular flexibility index (Phi) is 3.42. The molecule has 0 spiro atoms. The van der Waals surface area contributed by atoms with Crippen LogP contribution >= 0.6 is 11.6 Å². The smallest absolute Gasteiger partial charge is 0.367 e. The predicted molar refractivity (Wildman–Crippen MR) is 52.6 cm³/mol. The Morgan fingerprint density at radius 3 is 2.93 bits per heavy atom. The van der Waals surface area contributed by atoms with Gasteiger partial charge >= 0.3 is 5.69 Å². The van der Waals surface area contributed by atoms with Crippen LogP contribution in [0, 0.1) is 22.5 Å². The molecule has 78 valence electrons. The summed E-state index contributed by atoms with van der Waals surface area (Å²) in [5.41, 5.74) is -0.485. The number of terminal acetylenes is 1. The van der Waals surface area contributed by atoms with Gasteiger partial charge in [0.1, 0.15) is 6.33 Å². The average Bonchev–Trinajstić information content (AvgIpc) is 2.17. The molecule has 0 aromatic carbocycles. The zero-order chi connectivity index (χ0) is 11.4. The summed E-state index contributed by atoms with van der Waals surface area (Å²) >= 11 is 5.53. The van der Waals surface area contributed by atoms with Gasteiger partial charge in [-0.15, -0.1) is 6.42 Å². The van der Waals surface area contributed by atoms with E-state index < -0.39 is 16.7 Å². The van der Waals surface area contributed by atoms with E-state index >= 15 is 0 Å². The lowest BCUT2D eigenvalue weighted by molar-refractivity contribution is -0.386. The molecule has 7 heteroatoms. The molecule has 1 unspecified atom stereocenters. The first-order valence-corrected chi connectivity index (χ1v) is 4.21. The van der Waals surface area contributed by atoms with Gasteiger partial charge in [0.15, 0.2) is 6.10 Å². The fourth-order valence-electron chi connectivity index (χ4n) is 0.784. The van der Waals surface area contributed by atoms with Crippen LogP contribution in [0.15, 0.2) is 6.33 Å². The van der Waals surface area contributed by atoms with Crippen molar-refractivity contribution in [1.82, 2.24) is 9.97 Å². The zero-order valence-electron chi connectivity index (χ0n) is 7.68. The fraction of sp³-hybridized carbons (Fsp3) is 0.250. The van der Waals surface area contributed by atoms with Crippen molar-refractivity contribution in [3.8, 4) is 18.2 Å². The van der Waals surface area contributed by atoms with E-state index in [1.165, 1.54) is 0 Å². The van der Waals surface area contributed by atoms with Crippen molar-refractivity contribution < 1.29 is 9.66 Å². The summed E-state index contributed by atoms with van der Waals surface area (Å²) in [6, 6.07) is 0. The van der Waals surface area contributed by atoms with E-state index in [4.69, 9.17) is 22.8 Å². The number of rotatable bonds is 3. The number of hydrogen-bond donors (Lipinski definition) is 0. The quantitative estimate of drug-likeness (QED) is 0.338. The summed E-state index contributed by atoms with van der Waals surface area (Å²) in [5.74, 6) is 2.02. The Morgan fingerprint density at radius 2 is 2.40 bits per heavy atom. The third-order valence-corrected chi connectivity index (χ3v) is 1.73. The molecule has 0 N–H and O–H groups in total.